The second kappa shape index (κ2) is 6.19. The Labute approximate surface area is 141 Å². The minimum atomic E-state index is -0.861. The van der Waals surface area contributed by atoms with Crippen LogP contribution in [0.25, 0.3) is 0 Å². The summed E-state index contributed by atoms with van der Waals surface area (Å²) in [6.45, 7) is 0.777. The van der Waals surface area contributed by atoms with E-state index < -0.39 is 11.6 Å². The third-order valence-corrected chi connectivity index (χ3v) is 4.69. The van der Waals surface area contributed by atoms with E-state index in [9.17, 15) is 14.4 Å². The van der Waals surface area contributed by atoms with Gasteiger partial charge in [-0.3, -0.25) is 14.9 Å². The molecular formula is C15H16BrN3O4. The number of amides is 4. The van der Waals surface area contributed by atoms with Crippen LogP contribution in [0.3, 0.4) is 0 Å². The molecule has 2 aliphatic rings. The van der Waals surface area contributed by atoms with E-state index in [-0.39, 0.29) is 18.4 Å². The van der Waals surface area contributed by atoms with Crippen LogP contribution in [-0.2, 0) is 9.59 Å². The molecule has 1 aromatic rings. The van der Waals surface area contributed by atoms with Gasteiger partial charge in [0.2, 0.25) is 0 Å². The Morgan fingerprint density at radius 3 is 2.43 bits per heavy atom. The van der Waals surface area contributed by atoms with Crippen LogP contribution in [0.4, 0.5) is 4.79 Å². The third kappa shape index (κ3) is 3.31. The number of nitrogens with one attached hydrogen (secondary N) is 2. The van der Waals surface area contributed by atoms with Crippen LogP contribution < -0.4 is 15.4 Å². The minimum absolute atomic E-state index is 0.0484. The lowest BCUT2D eigenvalue weighted by Gasteiger charge is -2.36. The molecule has 2 aliphatic heterocycles. The summed E-state index contributed by atoms with van der Waals surface area (Å²) >= 11 is 3.33. The number of likely N-dealkylation sites (tertiary alicyclic amines) is 1. The van der Waals surface area contributed by atoms with Crippen molar-refractivity contribution < 1.29 is 19.1 Å². The summed E-state index contributed by atoms with van der Waals surface area (Å²) in [6.07, 6.45) is 0.823. The number of hydrogen-bond acceptors (Lipinski definition) is 4. The quantitative estimate of drug-likeness (QED) is 0.765. The maximum Gasteiger partial charge on any atom is 0.322 e. The molecule has 0 unspecified atom stereocenters. The van der Waals surface area contributed by atoms with Crippen molar-refractivity contribution in [2.75, 3.05) is 19.7 Å². The number of carbonyl (C=O) groups excluding carboxylic acids is 3. The average Bonchev–Trinajstić information content (AvgIpc) is 2.81. The summed E-state index contributed by atoms with van der Waals surface area (Å²) in [5.74, 6) is 0.186. The third-order valence-electron chi connectivity index (χ3n) is 4.16. The van der Waals surface area contributed by atoms with Gasteiger partial charge in [-0.2, -0.15) is 0 Å². The zero-order valence-corrected chi connectivity index (χ0v) is 13.9. The number of ether oxygens (including phenoxy) is 1. The first kappa shape index (κ1) is 15.8. The number of rotatable bonds is 3. The first-order valence-electron chi connectivity index (χ1n) is 7.28. The van der Waals surface area contributed by atoms with Crippen molar-refractivity contribution in [1.29, 1.82) is 0 Å². The summed E-state index contributed by atoms with van der Waals surface area (Å²) in [6, 6.07) is 6.77. The van der Waals surface area contributed by atoms with Crippen molar-refractivity contribution in [3.05, 3.63) is 28.7 Å². The van der Waals surface area contributed by atoms with E-state index in [1.165, 1.54) is 0 Å². The van der Waals surface area contributed by atoms with Gasteiger partial charge in [0.05, 0.1) is 0 Å². The highest BCUT2D eigenvalue weighted by atomic mass is 79.9. The molecule has 2 saturated heterocycles. The van der Waals surface area contributed by atoms with E-state index in [1.54, 1.807) is 17.0 Å². The second-order valence-corrected chi connectivity index (χ2v) is 6.53. The fourth-order valence-electron chi connectivity index (χ4n) is 2.79. The van der Waals surface area contributed by atoms with E-state index in [4.69, 9.17) is 4.74 Å². The molecule has 1 spiro atoms. The fourth-order valence-corrected chi connectivity index (χ4v) is 3.05. The molecule has 0 aromatic heterocycles. The summed E-state index contributed by atoms with van der Waals surface area (Å²) in [7, 11) is 0. The predicted octanol–water partition coefficient (Wildman–Crippen LogP) is 1.03. The van der Waals surface area contributed by atoms with E-state index in [0.29, 0.717) is 31.7 Å². The summed E-state index contributed by atoms with van der Waals surface area (Å²) < 4.78 is 6.41. The van der Waals surface area contributed by atoms with Crippen molar-refractivity contribution in [2.24, 2.45) is 0 Å². The maximum atomic E-state index is 12.2. The Bertz CT molecular complexity index is 639. The highest BCUT2D eigenvalue weighted by Gasteiger charge is 2.48. The van der Waals surface area contributed by atoms with Gasteiger partial charge in [-0.25, -0.2) is 4.79 Å². The predicted molar refractivity (Wildman–Crippen MR) is 84.9 cm³/mol. The lowest BCUT2D eigenvalue weighted by molar-refractivity contribution is -0.137. The highest BCUT2D eigenvalue weighted by Crippen LogP contribution is 2.25. The highest BCUT2D eigenvalue weighted by molar-refractivity contribution is 9.10. The standard InChI is InChI=1S/C15H16BrN3O4/c16-10-1-3-11(4-2-10)23-9-12(20)19-7-5-15(6-8-19)13(21)17-14(22)18-15/h1-4H,5-9H2,(H2,17,18,21,22). The molecular weight excluding hydrogens is 366 g/mol. The van der Waals surface area contributed by atoms with Gasteiger partial charge in [-0.05, 0) is 37.1 Å². The first-order chi connectivity index (χ1) is 11.0. The Morgan fingerprint density at radius 1 is 1.22 bits per heavy atom. The number of carbonyl (C=O) groups is 3. The lowest BCUT2D eigenvalue weighted by Crippen LogP contribution is -2.56. The Kier molecular flexibility index (Phi) is 4.25. The number of hydrogen-bond donors (Lipinski definition) is 2. The van der Waals surface area contributed by atoms with Gasteiger partial charge in [0, 0.05) is 17.6 Å². The fraction of sp³-hybridized carbons (Fsp3) is 0.400. The van der Waals surface area contributed by atoms with Gasteiger partial charge in [0.25, 0.3) is 11.8 Å². The van der Waals surface area contributed by atoms with Crippen LogP contribution in [0, 0.1) is 0 Å². The number of piperidine rings is 1. The average molecular weight is 382 g/mol. The van der Waals surface area contributed by atoms with Gasteiger partial charge < -0.3 is 15.0 Å². The number of nitrogens with zero attached hydrogens (tertiary/aromatic N) is 1. The molecule has 2 heterocycles. The Morgan fingerprint density at radius 2 is 1.87 bits per heavy atom. The molecule has 3 rings (SSSR count). The SMILES string of the molecule is O=C1NC(=O)C2(CCN(C(=O)COc3ccc(Br)cc3)CC2)N1. The smallest absolute Gasteiger partial charge is 0.322 e. The number of imide groups is 1. The molecule has 2 fully saturated rings. The van der Waals surface area contributed by atoms with E-state index in [0.717, 1.165) is 4.47 Å². The van der Waals surface area contributed by atoms with Crippen molar-refractivity contribution in [3.8, 4) is 5.75 Å². The van der Waals surface area contributed by atoms with Gasteiger partial charge in [0.15, 0.2) is 6.61 Å². The van der Waals surface area contributed by atoms with Crippen LogP contribution in [0.15, 0.2) is 28.7 Å². The van der Waals surface area contributed by atoms with Crippen molar-refractivity contribution >= 4 is 33.8 Å². The molecule has 7 nitrogen and oxygen atoms in total. The molecule has 0 bridgehead atoms. The normalized spacial score (nSPS) is 19.4. The van der Waals surface area contributed by atoms with Crippen LogP contribution in [0.2, 0.25) is 0 Å². The molecule has 0 radical (unpaired) electrons. The van der Waals surface area contributed by atoms with E-state index in [2.05, 4.69) is 26.6 Å². The van der Waals surface area contributed by atoms with Crippen molar-refractivity contribution in [2.45, 2.75) is 18.4 Å². The van der Waals surface area contributed by atoms with Crippen LogP contribution in [0.5, 0.6) is 5.75 Å². The molecule has 0 aliphatic carbocycles. The van der Waals surface area contributed by atoms with Gasteiger partial charge in [-0.1, -0.05) is 15.9 Å². The van der Waals surface area contributed by atoms with Gasteiger partial charge in [-0.15, -0.1) is 0 Å². The molecule has 122 valence electrons. The summed E-state index contributed by atoms with van der Waals surface area (Å²) in [4.78, 5) is 37.0. The zero-order chi connectivity index (χ0) is 16.4. The zero-order valence-electron chi connectivity index (χ0n) is 12.3. The van der Waals surface area contributed by atoms with Crippen LogP contribution in [-0.4, -0.2) is 48.0 Å². The first-order valence-corrected chi connectivity index (χ1v) is 8.08. The van der Waals surface area contributed by atoms with Gasteiger partial charge in [0.1, 0.15) is 11.3 Å². The largest absolute Gasteiger partial charge is 0.484 e. The summed E-state index contributed by atoms with van der Waals surface area (Å²) in [5.41, 5.74) is -0.861. The molecule has 8 heteroatoms. The number of urea groups is 1. The second-order valence-electron chi connectivity index (χ2n) is 5.61. The number of halogens is 1. The lowest BCUT2D eigenvalue weighted by atomic mass is 9.88. The molecule has 0 atom stereocenters. The molecule has 1 aromatic carbocycles. The number of benzene rings is 1. The topological polar surface area (TPSA) is 87.7 Å². The van der Waals surface area contributed by atoms with E-state index >= 15 is 0 Å². The van der Waals surface area contributed by atoms with Crippen molar-refractivity contribution in [1.82, 2.24) is 15.5 Å². The monoisotopic (exact) mass is 381 g/mol. The molecule has 2 N–H and O–H groups in total. The maximum absolute atomic E-state index is 12.2. The summed E-state index contributed by atoms with van der Waals surface area (Å²) in [5, 5.41) is 4.92. The molecule has 4 amide bonds. The molecule has 23 heavy (non-hydrogen) atoms. The Balaban J connectivity index is 1.51. The molecule has 0 saturated carbocycles. The van der Waals surface area contributed by atoms with Crippen molar-refractivity contribution in [3.63, 3.8) is 0 Å². The van der Waals surface area contributed by atoms with Crippen LogP contribution >= 0.6 is 15.9 Å². The van der Waals surface area contributed by atoms with Crippen LogP contribution in [0.1, 0.15) is 12.8 Å². The minimum Gasteiger partial charge on any atom is -0.484 e. The van der Waals surface area contributed by atoms with E-state index in [1.807, 2.05) is 12.1 Å². The Hall–Kier alpha value is -2.09. The van der Waals surface area contributed by atoms with Gasteiger partial charge >= 0.3 is 6.03 Å².